The molecule has 1 aromatic heterocycles. The van der Waals surface area contributed by atoms with Crippen molar-refractivity contribution in [2.75, 3.05) is 5.73 Å². The number of nitrogens with zero attached hydrogens (tertiary/aromatic N) is 4. The summed E-state index contributed by atoms with van der Waals surface area (Å²) in [6.07, 6.45) is 0.972. The fourth-order valence-electron chi connectivity index (χ4n) is 1.37. The van der Waals surface area contributed by atoms with Gasteiger partial charge in [-0.15, -0.1) is 0 Å². The summed E-state index contributed by atoms with van der Waals surface area (Å²) in [5, 5.41) is 21.7. The molecule has 0 spiro atoms. The lowest BCUT2D eigenvalue weighted by Crippen LogP contribution is -2.00. The molecule has 1 aromatic carbocycles. The maximum absolute atomic E-state index is 10.9. The quantitative estimate of drug-likeness (QED) is 0.513. The number of nitrogens with two attached hydrogens (primary N) is 1. The maximum atomic E-state index is 10.9. The Bertz CT molecular complexity index is 693. The van der Waals surface area contributed by atoms with Crippen molar-refractivity contribution in [3.63, 3.8) is 0 Å². The van der Waals surface area contributed by atoms with Crippen molar-refractivity contribution in [3.05, 3.63) is 50.7 Å². The number of nitro groups is 2. The Kier molecular flexibility index (Phi) is 3.75. The topological polar surface area (TPSA) is 138 Å². The number of nitrogen functional groups attached to an aromatic ring is 1. The Hall–Kier alpha value is -2.75. The van der Waals surface area contributed by atoms with Crippen LogP contribution in [0, 0.1) is 20.2 Å². The monoisotopic (exact) mass is 293 g/mol. The van der Waals surface area contributed by atoms with Crippen LogP contribution < -0.4 is 5.73 Å². The molecule has 0 saturated carbocycles. The summed E-state index contributed by atoms with van der Waals surface area (Å²) in [6.45, 7) is 0. The molecule has 0 aliphatic carbocycles. The van der Waals surface area contributed by atoms with Gasteiger partial charge in [-0.2, -0.15) is 4.98 Å². The average Bonchev–Trinajstić information content (AvgIpc) is 2.38. The largest absolute Gasteiger partial charge is 0.368 e. The Morgan fingerprint density at radius 2 is 1.75 bits per heavy atom. The Labute approximate surface area is 116 Å². The van der Waals surface area contributed by atoms with Crippen LogP contribution in [0.4, 0.5) is 17.3 Å². The highest BCUT2D eigenvalue weighted by Crippen LogP contribution is 2.37. The molecule has 0 bridgehead atoms. The first-order chi connectivity index (χ1) is 9.49. The molecule has 2 rings (SSSR count). The van der Waals surface area contributed by atoms with E-state index < -0.39 is 9.85 Å². The summed E-state index contributed by atoms with van der Waals surface area (Å²) >= 11 is 0.797. The van der Waals surface area contributed by atoms with E-state index in [0.717, 1.165) is 18.0 Å². The lowest BCUT2D eigenvalue weighted by molar-refractivity contribution is -0.388. The van der Waals surface area contributed by atoms with Crippen LogP contribution in [0.25, 0.3) is 0 Å². The highest BCUT2D eigenvalue weighted by Gasteiger charge is 2.21. The number of aromatic nitrogens is 2. The van der Waals surface area contributed by atoms with E-state index in [2.05, 4.69) is 9.97 Å². The second-order valence-electron chi connectivity index (χ2n) is 3.50. The molecule has 0 saturated heterocycles. The van der Waals surface area contributed by atoms with Gasteiger partial charge in [-0.3, -0.25) is 20.2 Å². The second-order valence-corrected chi connectivity index (χ2v) is 4.53. The first-order valence-electron chi connectivity index (χ1n) is 5.17. The van der Waals surface area contributed by atoms with Crippen molar-refractivity contribution in [1.29, 1.82) is 0 Å². The summed E-state index contributed by atoms with van der Waals surface area (Å²) in [5.74, 6) is -0.142. The number of anilines is 1. The molecular weight excluding hydrogens is 286 g/mol. The molecular formula is C10H7N5O4S. The Balaban J connectivity index is 2.47. The minimum atomic E-state index is -0.670. The minimum Gasteiger partial charge on any atom is -0.368 e. The van der Waals surface area contributed by atoms with E-state index >= 15 is 0 Å². The van der Waals surface area contributed by atoms with Crippen LogP contribution in [-0.4, -0.2) is 19.8 Å². The van der Waals surface area contributed by atoms with Crippen molar-refractivity contribution < 1.29 is 9.85 Å². The van der Waals surface area contributed by atoms with Crippen LogP contribution in [0.1, 0.15) is 0 Å². The van der Waals surface area contributed by atoms with Gasteiger partial charge in [0.15, 0.2) is 5.03 Å². The van der Waals surface area contributed by atoms with Crippen LogP contribution in [0.5, 0.6) is 0 Å². The van der Waals surface area contributed by atoms with Crippen molar-refractivity contribution in [2.45, 2.75) is 9.92 Å². The third kappa shape index (κ3) is 2.80. The minimum absolute atomic E-state index is 0.0446. The predicted octanol–water partition coefficient (Wildman–Crippen LogP) is 2.03. The van der Waals surface area contributed by atoms with Crippen LogP contribution in [0.2, 0.25) is 0 Å². The third-order valence-corrected chi connectivity index (χ3v) is 3.28. The van der Waals surface area contributed by atoms with Gasteiger partial charge < -0.3 is 5.73 Å². The lowest BCUT2D eigenvalue weighted by Gasteiger charge is -2.03. The normalized spacial score (nSPS) is 10.2. The molecule has 0 fully saturated rings. The number of para-hydroxylation sites is 1. The van der Waals surface area contributed by atoms with Crippen LogP contribution in [0.15, 0.2) is 40.4 Å². The molecule has 0 aliphatic rings. The number of hydrogen-bond acceptors (Lipinski definition) is 8. The third-order valence-electron chi connectivity index (χ3n) is 2.22. The van der Waals surface area contributed by atoms with Gasteiger partial charge in [-0.1, -0.05) is 23.9 Å². The van der Waals surface area contributed by atoms with Gasteiger partial charge in [0.25, 0.3) is 5.69 Å². The van der Waals surface area contributed by atoms with Crippen molar-refractivity contribution in [2.24, 2.45) is 0 Å². The Morgan fingerprint density at radius 3 is 2.40 bits per heavy atom. The zero-order valence-electron chi connectivity index (χ0n) is 9.79. The molecule has 0 amide bonds. The van der Waals surface area contributed by atoms with E-state index in [1.54, 1.807) is 6.07 Å². The zero-order valence-corrected chi connectivity index (χ0v) is 10.6. The zero-order chi connectivity index (χ0) is 14.7. The summed E-state index contributed by atoms with van der Waals surface area (Å²) in [6, 6.07) is 5.88. The van der Waals surface area contributed by atoms with E-state index in [1.165, 1.54) is 18.2 Å². The van der Waals surface area contributed by atoms with Gasteiger partial charge in [0, 0.05) is 6.07 Å². The molecule has 9 nitrogen and oxygen atoms in total. The van der Waals surface area contributed by atoms with Gasteiger partial charge >= 0.3 is 5.69 Å². The number of rotatable bonds is 4. The maximum Gasteiger partial charge on any atom is 0.320 e. The number of hydrogen-bond donors (Lipinski definition) is 1. The first kappa shape index (κ1) is 13.7. The molecule has 102 valence electrons. The van der Waals surface area contributed by atoms with E-state index in [0.29, 0.717) is 0 Å². The van der Waals surface area contributed by atoms with E-state index in [-0.39, 0.29) is 27.2 Å². The van der Waals surface area contributed by atoms with Gasteiger partial charge in [0.1, 0.15) is 6.20 Å². The van der Waals surface area contributed by atoms with Crippen LogP contribution in [-0.2, 0) is 0 Å². The molecule has 10 heteroatoms. The molecule has 20 heavy (non-hydrogen) atoms. The lowest BCUT2D eigenvalue weighted by atomic mass is 10.3. The van der Waals surface area contributed by atoms with Crippen LogP contribution >= 0.6 is 11.8 Å². The fourth-order valence-corrected chi connectivity index (χ4v) is 2.34. The van der Waals surface area contributed by atoms with Crippen molar-refractivity contribution in [3.8, 4) is 0 Å². The Morgan fingerprint density at radius 1 is 1.10 bits per heavy atom. The standard InChI is InChI=1S/C10H7N5O4S/c11-10-12-5-7(15(18)19)9(13-10)20-8-4-2-1-3-6(8)14(16)17/h1-5H,(H2,11,12,13). The summed E-state index contributed by atoms with van der Waals surface area (Å²) in [4.78, 5) is 28.1. The first-order valence-corrected chi connectivity index (χ1v) is 5.99. The molecule has 0 unspecified atom stereocenters. The molecule has 0 aliphatic heterocycles. The fraction of sp³-hybridized carbons (Fsp3) is 0. The molecule has 0 radical (unpaired) electrons. The molecule has 2 N–H and O–H groups in total. The smallest absolute Gasteiger partial charge is 0.320 e. The van der Waals surface area contributed by atoms with Crippen molar-refractivity contribution >= 4 is 29.1 Å². The van der Waals surface area contributed by atoms with E-state index in [9.17, 15) is 20.2 Å². The predicted molar refractivity (Wildman–Crippen MR) is 70.3 cm³/mol. The van der Waals surface area contributed by atoms with Crippen LogP contribution in [0.3, 0.4) is 0 Å². The molecule has 2 aromatic rings. The summed E-state index contributed by atoms with van der Waals surface area (Å²) in [5.41, 5.74) is 4.87. The highest BCUT2D eigenvalue weighted by molar-refractivity contribution is 7.99. The number of nitro benzene ring substituents is 1. The average molecular weight is 293 g/mol. The molecule has 0 atom stereocenters. The summed E-state index contributed by atoms with van der Waals surface area (Å²) in [7, 11) is 0. The van der Waals surface area contributed by atoms with Gasteiger partial charge in [-0.05, 0) is 6.07 Å². The van der Waals surface area contributed by atoms with Gasteiger partial charge in [0.2, 0.25) is 5.95 Å². The van der Waals surface area contributed by atoms with Gasteiger partial charge in [-0.25, -0.2) is 4.98 Å². The highest BCUT2D eigenvalue weighted by atomic mass is 32.2. The molecule has 1 heterocycles. The summed E-state index contributed by atoms with van der Waals surface area (Å²) < 4.78 is 0. The van der Waals surface area contributed by atoms with E-state index in [4.69, 9.17) is 5.73 Å². The van der Waals surface area contributed by atoms with Crippen molar-refractivity contribution in [1.82, 2.24) is 9.97 Å². The van der Waals surface area contributed by atoms with Gasteiger partial charge in [0.05, 0.1) is 14.7 Å². The SMILES string of the molecule is Nc1ncc([N+](=O)[O-])c(Sc2ccccc2[N+](=O)[O-])n1. The number of benzene rings is 1. The van der Waals surface area contributed by atoms with E-state index in [1.807, 2.05) is 0 Å². The second kappa shape index (κ2) is 5.48.